The third-order valence-electron chi connectivity index (χ3n) is 4.27. The van der Waals surface area contributed by atoms with Crippen LogP contribution in [0, 0.1) is 19.8 Å². The maximum Gasteiger partial charge on any atom is 0.313 e. The number of hydrogen-bond acceptors (Lipinski definition) is 4. The molecule has 6 heteroatoms. The van der Waals surface area contributed by atoms with E-state index < -0.39 is 11.9 Å². The molecule has 1 aliphatic rings. The second kappa shape index (κ2) is 7.79. The summed E-state index contributed by atoms with van der Waals surface area (Å²) in [7, 11) is 0. The molecule has 136 valence electrons. The van der Waals surface area contributed by atoms with Crippen molar-refractivity contribution in [2.75, 3.05) is 18.5 Å². The smallest absolute Gasteiger partial charge is 0.313 e. The third kappa shape index (κ3) is 4.35. The highest BCUT2D eigenvalue weighted by Crippen LogP contribution is 2.30. The molecule has 1 amide bonds. The summed E-state index contributed by atoms with van der Waals surface area (Å²) in [5.41, 5.74) is 3.57. The fraction of sp³-hybridized carbons (Fsp3) is 0.300. The van der Waals surface area contributed by atoms with Crippen LogP contribution < -0.4 is 10.1 Å². The highest BCUT2D eigenvalue weighted by Gasteiger charge is 2.28. The predicted molar refractivity (Wildman–Crippen MR) is 99.6 cm³/mol. The number of carbonyl (C=O) groups is 2. The fourth-order valence-corrected chi connectivity index (χ4v) is 3.02. The Morgan fingerprint density at radius 1 is 1.23 bits per heavy atom. The highest BCUT2D eigenvalue weighted by atomic mass is 35.5. The van der Waals surface area contributed by atoms with E-state index >= 15 is 0 Å². The summed E-state index contributed by atoms with van der Waals surface area (Å²) in [5, 5.41) is 3.36. The van der Waals surface area contributed by atoms with Crippen LogP contribution in [-0.4, -0.2) is 25.1 Å². The lowest BCUT2D eigenvalue weighted by atomic mass is 9.97. The number of anilines is 1. The number of nitrogens with one attached hydrogen (secondary N) is 1. The lowest BCUT2D eigenvalue weighted by Crippen LogP contribution is -2.32. The van der Waals surface area contributed by atoms with Crippen LogP contribution >= 0.6 is 11.6 Å². The number of aryl methyl sites for hydroxylation is 2. The van der Waals surface area contributed by atoms with Gasteiger partial charge in [-0.3, -0.25) is 9.59 Å². The van der Waals surface area contributed by atoms with Crippen LogP contribution in [0.5, 0.6) is 5.75 Å². The number of rotatable bonds is 4. The van der Waals surface area contributed by atoms with Crippen molar-refractivity contribution in [1.29, 1.82) is 0 Å². The Morgan fingerprint density at radius 2 is 2.04 bits per heavy atom. The van der Waals surface area contributed by atoms with E-state index in [1.54, 1.807) is 18.2 Å². The first-order chi connectivity index (χ1) is 12.4. The summed E-state index contributed by atoms with van der Waals surface area (Å²) in [6, 6.07) is 11.1. The summed E-state index contributed by atoms with van der Waals surface area (Å²) in [6.45, 7) is 3.75. The monoisotopic (exact) mass is 373 g/mol. The van der Waals surface area contributed by atoms with Gasteiger partial charge >= 0.3 is 5.97 Å². The first-order valence-corrected chi connectivity index (χ1v) is 8.75. The Labute approximate surface area is 157 Å². The van der Waals surface area contributed by atoms with Crippen molar-refractivity contribution in [3.63, 3.8) is 0 Å². The molecule has 0 saturated heterocycles. The maximum atomic E-state index is 12.3. The second-order valence-electron chi connectivity index (χ2n) is 6.44. The molecule has 0 aliphatic carbocycles. The van der Waals surface area contributed by atoms with Gasteiger partial charge in [0.05, 0.1) is 5.92 Å². The van der Waals surface area contributed by atoms with Crippen LogP contribution in [0.4, 0.5) is 5.69 Å². The van der Waals surface area contributed by atoms with Gasteiger partial charge < -0.3 is 14.8 Å². The molecule has 5 nitrogen and oxygen atoms in total. The van der Waals surface area contributed by atoms with Gasteiger partial charge in [0.25, 0.3) is 5.91 Å². The zero-order valence-electron chi connectivity index (χ0n) is 14.7. The van der Waals surface area contributed by atoms with E-state index in [1.165, 1.54) is 0 Å². The topological polar surface area (TPSA) is 64.6 Å². The number of fused-ring (bicyclic) bond motifs is 1. The molecule has 0 fully saturated rings. The van der Waals surface area contributed by atoms with Crippen molar-refractivity contribution in [1.82, 2.24) is 0 Å². The fourth-order valence-electron chi connectivity index (χ4n) is 2.83. The minimum absolute atomic E-state index is 0.228. The second-order valence-corrected chi connectivity index (χ2v) is 6.87. The Balaban J connectivity index is 1.54. The Morgan fingerprint density at radius 3 is 2.85 bits per heavy atom. The number of hydrogen-bond donors (Lipinski definition) is 1. The van der Waals surface area contributed by atoms with E-state index in [1.807, 2.05) is 32.0 Å². The quantitative estimate of drug-likeness (QED) is 0.830. The van der Waals surface area contributed by atoms with E-state index in [4.69, 9.17) is 21.1 Å². The zero-order valence-corrected chi connectivity index (χ0v) is 15.4. The molecule has 0 aromatic heterocycles. The van der Waals surface area contributed by atoms with Gasteiger partial charge in [-0.05, 0) is 61.2 Å². The molecule has 26 heavy (non-hydrogen) atoms. The molecule has 3 rings (SSSR count). The van der Waals surface area contributed by atoms with Gasteiger partial charge in [0.2, 0.25) is 0 Å². The standard InChI is InChI=1S/C20H20ClNO4/c1-12-3-4-13(2)17(7-12)22-19(23)11-26-20(24)15-8-14-9-16(21)5-6-18(14)25-10-15/h3-7,9,15H,8,10-11H2,1-2H3,(H,22,23)/t15-/m1/s1. The normalized spacial score (nSPS) is 15.6. The summed E-state index contributed by atoms with van der Waals surface area (Å²) in [6.07, 6.45) is 0.479. The van der Waals surface area contributed by atoms with E-state index in [0.717, 1.165) is 28.1 Å². The number of ether oxygens (including phenoxy) is 2. The van der Waals surface area contributed by atoms with E-state index in [0.29, 0.717) is 11.4 Å². The van der Waals surface area contributed by atoms with Crippen molar-refractivity contribution in [2.45, 2.75) is 20.3 Å². The third-order valence-corrected chi connectivity index (χ3v) is 4.51. The number of esters is 1. The van der Waals surface area contributed by atoms with Gasteiger partial charge in [-0.15, -0.1) is 0 Å². The van der Waals surface area contributed by atoms with Crippen molar-refractivity contribution >= 4 is 29.2 Å². The Kier molecular flexibility index (Phi) is 5.47. The maximum absolute atomic E-state index is 12.3. The molecule has 1 aliphatic heterocycles. The van der Waals surface area contributed by atoms with Crippen molar-refractivity contribution < 1.29 is 19.1 Å². The predicted octanol–water partition coefficient (Wildman–Crippen LogP) is 3.69. The molecular weight excluding hydrogens is 354 g/mol. The lowest BCUT2D eigenvalue weighted by molar-refractivity contribution is -0.152. The van der Waals surface area contributed by atoms with Crippen molar-refractivity contribution in [2.24, 2.45) is 5.92 Å². The van der Waals surface area contributed by atoms with Gasteiger partial charge in [-0.2, -0.15) is 0 Å². The van der Waals surface area contributed by atoms with Crippen molar-refractivity contribution in [3.8, 4) is 5.75 Å². The first-order valence-electron chi connectivity index (χ1n) is 8.37. The summed E-state index contributed by atoms with van der Waals surface area (Å²) in [5.74, 6) is -0.542. The molecule has 1 N–H and O–H groups in total. The largest absolute Gasteiger partial charge is 0.492 e. The molecule has 0 bridgehead atoms. The average molecular weight is 374 g/mol. The molecule has 0 saturated carbocycles. The van der Waals surface area contributed by atoms with Gasteiger partial charge in [0.15, 0.2) is 6.61 Å². The van der Waals surface area contributed by atoms with Crippen LogP contribution in [0.3, 0.4) is 0 Å². The van der Waals surface area contributed by atoms with Gasteiger partial charge in [-0.25, -0.2) is 0 Å². The van der Waals surface area contributed by atoms with Crippen LogP contribution in [0.15, 0.2) is 36.4 Å². The number of amides is 1. The van der Waals surface area contributed by atoms with Crippen LogP contribution in [0.1, 0.15) is 16.7 Å². The summed E-state index contributed by atoms with van der Waals surface area (Å²) >= 11 is 5.98. The molecule has 2 aromatic rings. The molecule has 0 radical (unpaired) electrons. The molecule has 1 atom stereocenters. The van der Waals surface area contributed by atoms with Crippen LogP contribution in [-0.2, 0) is 20.7 Å². The number of benzene rings is 2. The molecule has 1 heterocycles. The Hall–Kier alpha value is -2.53. The number of halogens is 1. The van der Waals surface area contributed by atoms with E-state index in [-0.39, 0.29) is 19.1 Å². The lowest BCUT2D eigenvalue weighted by Gasteiger charge is -2.24. The molecule has 2 aromatic carbocycles. The van der Waals surface area contributed by atoms with E-state index in [2.05, 4.69) is 5.32 Å². The van der Waals surface area contributed by atoms with E-state index in [9.17, 15) is 9.59 Å². The highest BCUT2D eigenvalue weighted by molar-refractivity contribution is 6.30. The van der Waals surface area contributed by atoms with Crippen LogP contribution in [0.25, 0.3) is 0 Å². The van der Waals surface area contributed by atoms with Crippen molar-refractivity contribution in [3.05, 3.63) is 58.1 Å². The minimum Gasteiger partial charge on any atom is -0.492 e. The van der Waals surface area contributed by atoms with Gasteiger partial charge in [0.1, 0.15) is 12.4 Å². The molecule has 0 spiro atoms. The molecular formula is C20H20ClNO4. The van der Waals surface area contributed by atoms with Gasteiger partial charge in [-0.1, -0.05) is 23.7 Å². The van der Waals surface area contributed by atoms with Crippen LogP contribution in [0.2, 0.25) is 5.02 Å². The first kappa shape index (κ1) is 18.3. The summed E-state index contributed by atoms with van der Waals surface area (Å²) < 4.78 is 10.8. The SMILES string of the molecule is Cc1ccc(C)c(NC(=O)COC(=O)[C@H]2COc3ccc(Cl)cc3C2)c1. The minimum atomic E-state index is -0.452. The average Bonchev–Trinajstić information content (AvgIpc) is 2.62. The number of carbonyl (C=O) groups excluding carboxylic acids is 2. The zero-order chi connectivity index (χ0) is 18.7. The molecule has 0 unspecified atom stereocenters. The Bertz CT molecular complexity index is 850. The summed E-state index contributed by atoms with van der Waals surface area (Å²) in [4.78, 5) is 24.3. The van der Waals surface area contributed by atoms with Gasteiger partial charge in [0, 0.05) is 10.7 Å².